The molecule has 5 heteroatoms. The third-order valence-electron chi connectivity index (χ3n) is 5.25. The van der Waals surface area contributed by atoms with Gasteiger partial charge in [0.2, 0.25) is 0 Å². The van der Waals surface area contributed by atoms with Crippen LogP contribution >= 0.6 is 11.3 Å². The minimum atomic E-state index is -0.359. The van der Waals surface area contributed by atoms with Gasteiger partial charge in [-0.25, -0.2) is 0 Å². The van der Waals surface area contributed by atoms with E-state index in [4.69, 9.17) is 0 Å². The van der Waals surface area contributed by atoms with E-state index < -0.39 is 0 Å². The van der Waals surface area contributed by atoms with Crippen molar-refractivity contribution in [2.45, 2.75) is 13.0 Å². The maximum absolute atomic E-state index is 13.5. The summed E-state index contributed by atoms with van der Waals surface area (Å²) in [5.41, 5.74) is 3.49. The quantitative estimate of drug-likeness (QED) is 0.352. The smallest absolute Gasteiger partial charge is 0.268 e. The van der Waals surface area contributed by atoms with Crippen molar-refractivity contribution < 1.29 is 9.59 Å². The van der Waals surface area contributed by atoms with E-state index in [9.17, 15) is 9.59 Å². The topological polar surface area (TPSA) is 58.2 Å². The molecule has 2 N–H and O–H groups in total. The van der Waals surface area contributed by atoms with Crippen LogP contribution in [0.2, 0.25) is 0 Å². The van der Waals surface area contributed by atoms with Gasteiger partial charge in [0.25, 0.3) is 11.8 Å². The Kier molecular flexibility index (Phi) is 7.12. The molecule has 0 aliphatic rings. The molecular weight excluding hydrogens is 428 g/mol. The lowest BCUT2D eigenvalue weighted by atomic mass is 9.98. The number of rotatable bonds is 7. The molecule has 4 nitrogen and oxygen atoms in total. The van der Waals surface area contributed by atoms with Crippen molar-refractivity contribution in [3.8, 4) is 0 Å². The van der Waals surface area contributed by atoms with Crippen molar-refractivity contribution in [1.29, 1.82) is 0 Å². The first kappa shape index (κ1) is 22.2. The summed E-state index contributed by atoms with van der Waals surface area (Å²) < 4.78 is 0. The van der Waals surface area contributed by atoms with Crippen LogP contribution in [-0.4, -0.2) is 11.8 Å². The van der Waals surface area contributed by atoms with Crippen LogP contribution in [0.4, 0.5) is 0 Å². The summed E-state index contributed by atoms with van der Waals surface area (Å²) >= 11 is 1.50. The van der Waals surface area contributed by atoms with Crippen molar-refractivity contribution in [3.63, 3.8) is 0 Å². The fourth-order valence-corrected chi connectivity index (χ4v) is 4.21. The lowest BCUT2D eigenvalue weighted by Crippen LogP contribution is -2.37. The zero-order valence-corrected chi connectivity index (χ0v) is 19.0. The Morgan fingerprint density at radius 3 is 1.97 bits per heavy atom. The Bertz CT molecular complexity index is 1210. The lowest BCUT2D eigenvalue weighted by molar-refractivity contribution is -0.118. The van der Waals surface area contributed by atoms with Crippen molar-refractivity contribution >= 4 is 29.2 Å². The van der Waals surface area contributed by atoms with E-state index in [0.717, 1.165) is 21.6 Å². The fraction of sp³-hybridized carbons (Fsp3) is 0.0714. The highest BCUT2D eigenvalue weighted by atomic mass is 32.1. The van der Waals surface area contributed by atoms with Gasteiger partial charge in [0.05, 0.1) is 6.04 Å². The number of nitrogens with one attached hydrogen (secondary N) is 2. The third-order valence-corrected chi connectivity index (χ3v) is 6.07. The molecule has 1 aromatic heterocycles. The molecule has 0 aliphatic carbocycles. The maximum atomic E-state index is 13.5. The van der Waals surface area contributed by atoms with Crippen molar-refractivity contribution in [1.82, 2.24) is 10.6 Å². The van der Waals surface area contributed by atoms with Gasteiger partial charge in [-0.05, 0) is 47.2 Å². The van der Waals surface area contributed by atoms with E-state index in [1.165, 1.54) is 11.3 Å². The zero-order valence-electron chi connectivity index (χ0n) is 18.2. The molecule has 0 aliphatic heterocycles. The average molecular weight is 453 g/mol. The molecule has 0 bridgehead atoms. The molecule has 1 heterocycles. The molecule has 4 rings (SSSR count). The van der Waals surface area contributed by atoms with Crippen molar-refractivity contribution in [3.05, 3.63) is 135 Å². The van der Waals surface area contributed by atoms with Crippen LogP contribution < -0.4 is 10.6 Å². The highest BCUT2D eigenvalue weighted by Gasteiger charge is 2.21. The number of benzene rings is 3. The van der Waals surface area contributed by atoms with E-state index in [1.54, 1.807) is 12.1 Å². The maximum Gasteiger partial charge on any atom is 0.268 e. The highest BCUT2D eigenvalue weighted by Crippen LogP contribution is 2.23. The van der Waals surface area contributed by atoms with Crippen LogP contribution in [0.25, 0.3) is 6.08 Å². The van der Waals surface area contributed by atoms with Gasteiger partial charge in [-0.15, -0.1) is 11.3 Å². The Morgan fingerprint density at radius 2 is 1.39 bits per heavy atom. The lowest BCUT2D eigenvalue weighted by Gasteiger charge is -2.21. The van der Waals surface area contributed by atoms with Gasteiger partial charge in [0, 0.05) is 10.4 Å². The van der Waals surface area contributed by atoms with Gasteiger partial charge >= 0.3 is 0 Å². The minimum absolute atomic E-state index is 0.197. The first-order valence-corrected chi connectivity index (χ1v) is 11.5. The molecule has 33 heavy (non-hydrogen) atoms. The second-order valence-electron chi connectivity index (χ2n) is 7.57. The molecule has 0 fully saturated rings. The Balaban J connectivity index is 1.65. The molecule has 2 amide bonds. The second kappa shape index (κ2) is 10.6. The van der Waals surface area contributed by atoms with Crippen LogP contribution in [0.1, 0.15) is 38.0 Å². The van der Waals surface area contributed by atoms with Gasteiger partial charge in [0.15, 0.2) is 0 Å². The normalized spacial score (nSPS) is 11.3. The van der Waals surface area contributed by atoms with Gasteiger partial charge in [-0.2, -0.15) is 0 Å². The van der Waals surface area contributed by atoms with E-state index in [-0.39, 0.29) is 23.6 Å². The SMILES string of the molecule is Cc1ccccc1C(=O)N/C(=C\c1cccs1)C(=O)NC(c1ccccc1)c1ccccc1. The van der Waals surface area contributed by atoms with Crippen molar-refractivity contribution in [2.75, 3.05) is 0 Å². The van der Waals surface area contributed by atoms with E-state index in [1.807, 2.05) is 103 Å². The third kappa shape index (κ3) is 5.64. The summed E-state index contributed by atoms with van der Waals surface area (Å²) in [4.78, 5) is 27.4. The number of thiophene rings is 1. The average Bonchev–Trinajstić information content (AvgIpc) is 3.36. The van der Waals surface area contributed by atoms with Gasteiger partial charge in [-0.1, -0.05) is 84.9 Å². The Labute approximate surface area is 197 Å². The summed E-state index contributed by atoms with van der Waals surface area (Å²) in [5.74, 6) is -0.676. The second-order valence-corrected chi connectivity index (χ2v) is 8.55. The Hall–Kier alpha value is -3.96. The molecule has 0 spiro atoms. The van der Waals surface area contributed by atoms with E-state index >= 15 is 0 Å². The molecule has 4 aromatic rings. The monoisotopic (exact) mass is 452 g/mol. The molecule has 0 saturated heterocycles. The van der Waals surface area contributed by atoms with Crippen LogP contribution in [-0.2, 0) is 4.79 Å². The van der Waals surface area contributed by atoms with Crippen LogP contribution in [0.15, 0.2) is 108 Å². The summed E-state index contributed by atoms with van der Waals surface area (Å²) in [7, 11) is 0. The van der Waals surface area contributed by atoms with Crippen LogP contribution in [0.5, 0.6) is 0 Å². The molecule has 0 unspecified atom stereocenters. The summed E-state index contributed by atoms with van der Waals surface area (Å²) in [6.07, 6.45) is 1.71. The fourth-order valence-electron chi connectivity index (χ4n) is 3.55. The zero-order chi connectivity index (χ0) is 23.0. The van der Waals surface area contributed by atoms with Crippen LogP contribution in [0, 0.1) is 6.92 Å². The summed E-state index contributed by atoms with van der Waals surface area (Å²) in [5, 5.41) is 7.89. The summed E-state index contributed by atoms with van der Waals surface area (Å²) in [6.45, 7) is 1.87. The molecular formula is C28H24N2O2S. The predicted octanol–water partition coefficient (Wildman–Crippen LogP) is 5.73. The molecule has 0 radical (unpaired) electrons. The number of aryl methyl sites for hydroxylation is 1. The summed E-state index contributed by atoms with van der Waals surface area (Å²) in [6, 6.07) is 30.3. The number of carbonyl (C=O) groups excluding carboxylic acids is 2. The van der Waals surface area contributed by atoms with Gasteiger partial charge in [-0.3, -0.25) is 9.59 Å². The first-order valence-electron chi connectivity index (χ1n) is 10.6. The molecule has 0 saturated carbocycles. The largest absolute Gasteiger partial charge is 0.340 e. The highest BCUT2D eigenvalue weighted by molar-refractivity contribution is 7.10. The molecule has 0 atom stereocenters. The molecule has 164 valence electrons. The van der Waals surface area contributed by atoms with Gasteiger partial charge in [0.1, 0.15) is 5.70 Å². The predicted molar refractivity (Wildman–Crippen MR) is 134 cm³/mol. The standard InChI is InChI=1S/C28H24N2O2S/c1-20-11-8-9-17-24(20)27(31)29-25(19-23-16-10-18-33-23)28(32)30-26(21-12-4-2-5-13-21)22-14-6-3-7-15-22/h2-19,26H,1H3,(H,29,31)(H,30,32)/b25-19-. The van der Waals surface area contributed by atoms with Gasteiger partial charge < -0.3 is 10.6 Å². The van der Waals surface area contributed by atoms with Crippen LogP contribution in [0.3, 0.4) is 0 Å². The Morgan fingerprint density at radius 1 is 0.788 bits per heavy atom. The van der Waals surface area contributed by atoms with Crippen molar-refractivity contribution in [2.24, 2.45) is 0 Å². The number of carbonyl (C=O) groups is 2. The number of amides is 2. The van der Waals surface area contributed by atoms with E-state index in [2.05, 4.69) is 10.6 Å². The minimum Gasteiger partial charge on any atom is -0.340 e. The number of hydrogen-bond donors (Lipinski definition) is 2. The first-order chi connectivity index (χ1) is 16.1. The van der Waals surface area contributed by atoms with E-state index in [0.29, 0.717) is 5.56 Å². The molecule has 3 aromatic carbocycles. The number of hydrogen-bond acceptors (Lipinski definition) is 3.